The molecule has 0 aliphatic carbocycles. The molecule has 1 aromatic carbocycles. The van der Waals surface area contributed by atoms with Gasteiger partial charge in [0, 0.05) is 19.3 Å². The van der Waals surface area contributed by atoms with Crippen LogP contribution in [0.3, 0.4) is 0 Å². The Morgan fingerprint density at radius 2 is 1.42 bits per heavy atom. The van der Waals surface area contributed by atoms with E-state index in [0.29, 0.717) is 12.8 Å². The summed E-state index contributed by atoms with van der Waals surface area (Å²) in [4.78, 5) is 35.5. The predicted molar refractivity (Wildman–Crippen MR) is 94.4 cm³/mol. The van der Waals surface area contributed by atoms with Gasteiger partial charge in [-0.3, -0.25) is 14.4 Å². The molecule has 0 N–H and O–H groups in total. The monoisotopic (exact) mass is 384 g/mol. The van der Waals surface area contributed by atoms with E-state index in [1.165, 1.54) is 12.1 Å². The van der Waals surface area contributed by atoms with E-state index in [9.17, 15) is 18.8 Å². The van der Waals surface area contributed by atoms with Crippen LogP contribution in [0.15, 0.2) is 24.3 Å². The molecule has 144 valence electrons. The summed E-state index contributed by atoms with van der Waals surface area (Å²) in [5.74, 6) is -2.15. The summed E-state index contributed by atoms with van der Waals surface area (Å²) < 4.78 is 29.3. The van der Waals surface area contributed by atoms with Crippen molar-refractivity contribution in [3.05, 3.63) is 35.6 Å². The number of hydrogen-bond donors (Lipinski definition) is 0. The molecule has 0 spiro atoms. The molecule has 8 heteroatoms. The van der Waals surface area contributed by atoms with Crippen molar-refractivity contribution in [2.24, 2.45) is 0 Å². The Kier molecular flexibility index (Phi) is 8.98. The molecule has 0 unspecified atom stereocenters. The molecule has 1 rings (SSSR count). The van der Waals surface area contributed by atoms with Crippen LogP contribution in [-0.2, 0) is 34.1 Å². The molecule has 0 atom stereocenters. The van der Waals surface area contributed by atoms with Gasteiger partial charge < -0.3 is 13.3 Å². The zero-order chi connectivity index (χ0) is 19.6. The zero-order valence-corrected chi connectivity index (χ0v) is 16.4. The van der Waals surface area contributed by atoms with E-state index in [2.05, 4.69) is 0 Å². The summed E-state index contributed by atoms with van der Waals surface area (Å²) in [6.07, 6.45) is 1.05. The fourth-order valence-electron chi connectivity index (χ4n) is 2.15. The van der Waals surface area contributed by atoms with Crippen molar-refractivity contribution in [1.82, 2.24) is 0 Å². The quantitative estimate of drug-likeness (QED) is 0.574. The van der Waals surface area contributed by atoms with Crippen LogP contribution >= 0.6 is 0 Å². The number of hydrogen-bond acceptors (Lipinski definition) is 6. The maximum atomic E-state index is 13.3. The van der Waals surface area contributed by atoms with E-state index in [0.717, 1.165) is 5.56 Å². The number of rotatable bonds is 10. The fraction of sp³-hybridized carbons (Fsp3) is 0.500. The van der Waals surface area contributed by atoms with E-state index in [1.807, 2.05) is 0 Å². The van der Waals surface area contributed by atoms with Gasteiger partial charge in [-0.15, -0.1) is 0 Å². The molecule has 0 aliphatic rings. The maximum Gasteiger partial charge on any atom is 0.705 e. The first-order valence-electron chi connectivity index (χ1n) is 8.74. The Hall–Kier alpha value is -2.22. The van der Waals surface area contributed by atoms with E-state index in [4.69, 9.17) is 13.3 Å². The first-order chi connectivity index (χ1) is 12.3. The number of carbonyl (C=O) groups is 3. The molecule has 0 radical (unpaired) electrons. The van der Waals surface area contributed by atoms with E-state index < -0.39 is 26.7 Å². The summed E-state index contributed by atoms with van der Waals surface area (Å²) in [6.45, 7) is 4.78. The van der Waals surface area contributed by atoms with Crippen LogP contribution in [0, 0.1) is 5.82 Å². The highest BCUT2D eigenvalue weighted by Crippen LogP contribution is 2.22. The molecule has 1 aromatic rings. The normalized spacial score (nSPS) is 10.9. The molecular weight excluding hydrogens is 359 g/mol. The van der Waals surface area contributed by atoms with Crippen molar-refractivity contribution in [3.63, 3.8) is 0 Å². The highest BCUT2D eigenvalue weighted by atomic mass is 28.4. The van der Waals surface area contributed by atoms with Gasteiger partial charge in [-0.25, -0.2) is 4.39 Å². The molecule has 26 heavy (non-hydrogen) atoms. The summed E-state index contributed by atoms with van der Waals surface area (Å²) in [6, 6.07) is 6.20. The lowest BCUT2D eigenvalue weighted by Crippen LogP contribution is -2.50. The van der Waals surface area contributed by atoms with E-state index in [-0.39, 0.29) is 31.1 Å². The SMILES string of the molecule is CCC(=O)O[Si](CCCc1cccc(F)c1)(OC(=O)CC)OC(=O)CC. The van der Waals surface area contributed by atoms with E-state index >= 15 is 0 Å². The van der Waals surface area contributed by atoms with Crippen LogP contribution in [0.25, 0.3) is 0 Å². The topological polar surface area (TPSA) is 78.9 Å². The molecular formula is C18H25FO6Si. The number of halogens is 1. The molecule has 0 bridgehead atoms. The lowest BCUT2D eigenvalue weighted by atomic mass is 10.1. The van der Waals surface area contributed by atoms with Crippen LogP contribution < -0.4 is 0 Å². The summed E-state index contributed by atoms with van der Waals surface area (Å²) in [5, 5.41) is 0. The first-order valence-corrected chi connectivity index (χ1v) is 10.7. The molecule has 0 saturated carbocycles. The zero-order valence-electron chi connectivity index (χ0n) is 15.4. The Morgan fingerprint density at radius 3 is 1.85 bits per heavy atom. The third-order valence-electron chi connectivity index (χ3n) is 3.51. The lowest BCUT2D eigenvalue weighted by molar-refractivity contribution is -0.150. The van der Waals surface area contributed by atoms with Crippen LogP contribution in [0.2, 0.25) is 6.04 Å². The second kappa shape index (κ2) is 10.7. The Morgan fingerprint density at radius 1 is 0.923 bits per heavy atom. The van der Waals surface area contributed by atoms with Crippen molar-refractivity contribution in [1.29, 1.82) is 0 Å². The van der Waals surface area contributed by atoms with Crippen LogP contribution in [0.5, 0.6) is 0 Å². The van der Waals surface area contributed by atoms with Gasteiger partial charge in [0.2, 0.25) is 0 Å². The van der Waals surface area contributed by atoms with Gasteiger partial charge in [0.15, 0.2) is 0 Å². The van der Waals surface area contributed by atoms with Gasteiger partial charge >= 0.3 is 8.80 Å². The minimum absolute atomic E-state index is 0.0615. The average molecular weight is 384 g/mol. The Labute approximate surface area is 154 Å². The third-order valence-corrected chi connectivity index (χ3v) is 6.09. The molecule has 0 amide bonds. The largest absolute Gasteiger partial charge is 0.705 e. The maximum absolute atomic E-state index is 13.3. The minimum Gasteiger partial charge on any atom is -0.455 e. The van der Waals surface area contributed by atoms with Crippen molar-refractivity contribution < 1.29 is 32.1 Å². The Balaban J connectivity index is 2.95. The van der Waals surface area contributed by atoms with E-state index in [1.54, 1.807) is 32.9 Å². The van der Waals surface area contributed by atoms with Gasteiger partial charge in [-0.05, 0) is 30.5 Å². The fourth-order valence-corrected chi connectivity index (χ4v) is 4.67. The van der Waals surface area contributed by atoms with Crippen molar-refractivity contribution in [2.75, 3.05) is 0 Å². The van der Waals surface area contributed by atoms with Crippen molar-refractivity contribution >= 4 is 26.7 Å². The van der Waals surface area contributed by atoms with Gasteiger partial charge in [-0.1, -0.05) is 32.9 Å². The second-order valence-electron chi connectivity index (χ2n) is 5.65. The third kappa shape index (κ3) is 7.34. The van der Waals surface area contributed by atoms with Gasteiger partial charge in [-0.2, -0.15) is 0 Å². The number of benzene rings is 1. The summed E-state index contributed by atoms with van der Waals surface area (Å²) >= 11 is 0. The minimum atomic E-state index is -3.86. The van der Waals surface area contributed by atoms with Crippen molar-refractivity contribution in [3.8, 4) is 0 Å². The molecule has 0 aliphatic heterocycles. The molecule has 0 fully saturated rings. The van der Waals surface area contributed by atoms with Crippen LogP contribution in [0.1, 0.15) is 52.0 Å². The summed E-state index contributed by atoms with van der Waals surface area (Å²) in [7, 11) is -3.86. The van der Waals surface area contributed by atoms with Crippen LogP contribution in [0.4, 0.5) is 4.39 Å². The average Bonchev–Trinajstić information content (AvgIpc) is 2.61. The van der Waals surface area contributed by atoms with Crippen molar-refractivity contribution in [2.45, 2.75) is 58.9 Å². The first kappa shape index (κ1) is 21.8. The summed E-state index contributed by atoms with van der Waals surface area (Å²) in [5.41, 5.74) is 0.748. The lowest BCUT2D eigenvalue weighted by Gasteiger charge is -2.27. The second-order valence-corrected chi connectivity index (χ2v) is 8.13. The molecule has 0 heterocycles. The Bertz CT molecular complexity index is 588. The number of aryl methyl sites for hydroxylation is 1. The highest BCUT2D eigenvalue weighted by Gasteiger charge is 2.52. The smallest absolute Gasteiger partial charge is 0.455 e. The highest BCUT2D eigenvalue weighted by molar-refractivity contribution is 6.65. The van der Waals surface area contributed by atoms with Gasteiger partial charge in [0.05, 0.1) is 6.04 Å². The molecule has 0 aromatic heterocycles. The van der Waals surface area contributed by atoms with Crippen LogP contribution in [-0.4, -0.2) is 26.7 Å². The van der Waals surface area contributed by atoms with Gasteiger partial charge in [0.1, 0.15) is 5.82 Å². The number of carbonyl (C=O) groups excluding carboxylic acids is 3. The standard InChI is InChI=1S/C18H25FO6Si/c1-4-16(20)23-26(24-17(21)5-2,25-18(22)6-3)12-8-10-14-9-7-11-15(19)13-14/h7,9,11,13H,4-6,8,10,12H2,1-3H3. The predicted octanol–water partition coefficient (Wildman–Crippen LogP) is 3.56. The molecule has 0 saturated heterocycles. The van der Waals surface area contributed by atoms with Gasteiger partial charge in [0.25, 0.3) is 17.9 Å². The molecule has 6 nitrogen and oxygen atoms in total.